The quantitative estimate of drug-likeness (QED) is 0.793. The van der Waals surface area contributed by atoms with Crippen LogP contribution in [-0.2, 0) is 19.6 Å². The van der Waals surface area contributed by atoms with E-state index in [1.807, 2.05) is 0 Å². The SMILES string of the molecule is COC(=O)c1ccccc1S(=O)(=O)N1C[C@H](C(N)=O)Oc2ccccc21. The lowest BCUT2D eigenvalue weighted by atomic mass is 10.2. The highest BCUT2D eigenvalue weighted by molar-refractivity contribution is 7.93. The van der Waals surface area contributed by atoms with Crippen molar-refractivity contribution in [2.75, 3.05) is 18.0 Å². The van der Waals surface area contributed by atoms with Crippen molar-refractivity contribution in [3.63, 3.8) is 0 Å². The fourth-order valence-electron chi connectivity index (χ4n) is 2.67. The standard InChI is InChI=1S/C17H16N2O6S/c1-24-17(21)11-6-2-5-9-15(11)26(22,23)19-10-14(16(18)20)25-13-8-4-3-7-12(13)19/h2-9,14H,10H2,1H3,(H2,18,20)/t14-/m1/s1. The lowest BCUT2D eigenvalue weighted by Gasteiger charge is -2.34. The number of carbonyl (C=O) groups excluding carboxylic acids is 2. The largest absolute Gasteiger partial charge is 0.476 e. The fraction of sp³-hybridized carbons (Fsp3) is 0.176. The van der Waals surface area contributed by atoms with Gasteiger partial charge < -0.3 is 15.2 Å². The molecule has 0 fully saturated rings. The van der Waals surface area contributed by atoms with Gasteiger partial charge >= 0.3 is 5.97 Å². The van der Waals surface area contributed by atoms with Crippen LogP contribution in [0.4, 0.5) is 5.69 Å². The summed E-state index contributed by atoms with van der Waals surface area (Å²) in [5.74, 6) is -1.36. The van der Waals surface area contributed by atoms with E-state index >= 15 is 0 Å². The van der Waals surface area contributed by atoms with Gasteiger partial charge in [0.1, 0.15) is 10.6 Å². The van der Waals surface area contributed by atoms with Gasteiger partial charge in [-0.05, 0) is 24.3 Å². The number of nitrogens with zero attached hydrogens (tertiary/aromatic N) is 1. The maximum Gasteiger partial charge on any atom is 0.339 e. The molecule has 2 aromatic rings. The number of amides is 1. The molecule has 1 amide bonds. The first kappa shape index (κ1) is 17.7. The van der Waals surface area contributed by atoms with Gasteiger partial charge in [-0.1, -0.05) is 24.3 Å². The number of methoxy groups -OCH3 is 1. The molecule has 1 atom stereocenters. The third-order valence-corrected chi connectivity index (χ3v) is 5.75. The van der Waals surface area contributed by atoms with Crippen LogP contribution < -0.4 is 14.8 Å². The van der Waals surface area contributed by atoms with Crippen molar-refractivity contribution in [3.8, 4) is 5.75 Å². The zero-order valence-corrected chi connectivity index (χ0v) is 14.6. The molecule has 136 valence electrons. The number of rotatable bonds is 4. The van der Waals surface area contributed by atoms with E-state index < -0.39 is 28.0 Å². The average Bonchev–Trinajstić information content (AvgIpc) is 2.66. The Balaban J connectivity index is 2.16. The van der Waals surface area contributed by atoms with Gasteiger partial charge in [0.2, 0.25) is 0 Å². The van der Waals surface area contributed by atoms with Crippen molar-refractivity contribution in [2.45, 2.75) is 11.0 Å². The van der Waals surface area contributed by atoms with E-state index in [2.05, 4.69) is 4.74 Å². The van der Waals surface area contributed by atoms with Crippen LogP contribution in [0.1, 0.15) is 10.4 Å². The van der Waals surface area contributed by atoms with Gasteiger partial charge in [-0.2, -0.15) is 0 Å². The molecule has 26 heavy (non-hydrogen) atoms. The number of carbonyl (C=O) groups is 2. The lowest BCUT2D eigenvalue weighted by molar-refractivity contribution is -0.124. The van der Waals surface area contributed by atoms with E-state index in [0.29, 0.717) is 0 Å². The third kappa shape index (κ3) is 2.97. The number of ether oxygens (including phenoxy) is 2. The maximum absolute atomic E-state index is 13.3. The zero-order chi connectivity index (χ0) is 18.9. The number of sulfonamides is 1. The van der Waals surface area contributed by atoms with Crippen molar-refractivity contribution < 1.29 is 27.5 Å². The van der Waals surface area contributed by atoms with Gasteiger partial charge in [-0.15, -0.1) is 0 Å². The molecule has 0 unspecified atom stereocenters. The summed E-state index contributed by atoms with van der Waals surface area (Å²) in [7, 11) is -3.02. The highest BCUT2D eigenvalue weighted by atomic mass is 32.2. The van der Waals surface area contributed by atoms with Crippen LogP contribution in [0.15, 0.2) is 53.4 Å². The van der Waals surface area contributed by atoms with Gasteiger partial charge in [0.25, 0.3) is 15.9 Å². The predicted octanol–water partition coefficient (Wildman–Crippen LogP) is 0.915. The number of hydrogen-bond acceptors (Lipinski definition) is 6. The van der Waals surface area contributed by atoms with Crippen molar-refractivity contribution in [2.24, 2.45) is 5.73 Å². The Kier molecular flexibility index (Phi) is 4.56. The molecule has 0 radical (unpaired) electrons. The summed E-state index contributed by atoms with van der Waals surface area (Å²) in [6.45, 7) is -0.301. The Labute approximate surface area is 150 Å². The summed E-state index contributed by atoms with van der Waals surface area (Å²) >= 11 is 0. The second kappa shape index (κ2) is 6.68. The Morgan fingerprint density at radius 3 is 2.50 bits per heavy atom. The van der Waals surface area contributed by atoms with Crippen molar-refractivity contribution >= 4 is 27.6 Å². The molecule has 0 aromatic heterocycles. The Hall–Kier alpha value is -3.07. The minimum Gasteiger partial charge on any atom is -0.476 e. The summed E-state index contributed by atoms with van der Waals surface area (Å²) in [4.78, 5) is 23.3. The van der Waals surface area contributed by atoms with Crippen LogP contribution in [0.2, 0.25) is 0 Å². The number of nitrogens with two attached hydrogens (primary N) is 1. The number of fused-ring (bicyclic) bond motifs is 1. The first-order valence-corrected chi connectivity index (χ1v) is 9.05. The molecule has 0 bridgehead atoms. The number of benzene rings is 2. The van der Waals surface area contributed by atoms with Crippen molar-refractivity contribution in [3.05, 3.63) is 54.1 Å². The average molecular weight is 376 g/mol. The second-order valence-electron chi connectivity index (χ2n) is 5.50. The number of anilines is 1. The van der Waals surface area contributed by atoms with Crippen molar-refractivity contribution in [1.82, 2.24) is 0 Å². The smallest absolute Gasteiger partial charge is 0.339 e. The minimum atomic E-state index is -4.18. The van der Waals surface area contributed by atoms with Gasteiger partial charge in [0.15, 0.2) is 6.10 Å². The topological polar surface area (TPSA) is 116 Å². The van der Waals surface area contributed by atoms with Crippen LogP contribution in [-0.4, -0.2) is 40.1 Å². The highest BCUT2D eigenvalue weighted by Gasteiger charge is 2.38. The van der Waals surface area contributed by atoms with Gasteiger partial charge in [-0.3, -0.25) is 9.10 Å². The van der Waals surface area contributed by atoms with Gasteiger partial charge in [0.05, 0.1) is 24.9 Å². The van der Waals surface area contributed by atoms with Gasteiger partial charge in [-0.25, -0.2) is 13.2 Å². The first-order chi connectivity index (χ1) is 12.4. The second-order valence-corrected chi connectivity index (χ2v) is 7.33. The Morgan fingerprint density at radius 1 is 1.15 bits per heavy atom. The van der Waals surface area contributed by atoms with E-state index in [4.69, 9.17) is 10.5 Å². The fourth-order valence-corrected chi connectivity index (χ4v) is 4.33. The van der Waals surface area contributed by atoms with E-state index in [1.165, 1.54) is 31.4 Å². The summed E-state index contributed by atoms with van der Waals surface area (Å²) in [5.41, 5.74) is 5.46. The van der Waals surface area contributed by atoms with E-state index in [-0.39, 0.29) is 28.4 Å². The van der Waals surface area contributed by atoms with E-state index in [1.54, 1.807) is 24.3 Å². The normalized spacial score (nSPS) is 16.3. The summed E-state index contributed by atoms with van der Waals surface area (Å²) in [5, 5.41) is 0. The lowest BCUT2D eigenvalue weighted by Crippen LogP contribution is -2.49. The number of hydrogen-bond donors (Lipinski definition) is 1. The Morgan fingerprint density at radius 2 is 1.81 bits per heavy atom. The molecule has 0 spiro atoms. The van der Waals surface area contributed by atoms with Crippen LogP contribution >= 0.6 is 0 Å². The predicted molar refractivity (Wildman–Crippen MR) is 92.4 cm³/mol. The molecular weight excluding hydrogens is 360 g/mol. The number of para-hydroxylation sites is 2. The minimum absolute atomic E-state index is 0.102. The van der Waals surface area contributed by atoms with Crippen LogP contribution in [0, 0.1) is 0 Å². The molecule has 1 heterocycles. The van der Waals surface area contributed by atoms with Crippen molar-refractivity contribution in [1.29, 1.82) is 0 Å². The summed E-state index contributed by atoms with van der Waals surface area (Å²) < 4.78 is 37.7. The molecule has 1 aliphatic rings. The molecule has 1 aliphatic heterocycles. The number of esters is 1. The molecule has 0 saturated carbocycles. The highest BCUT2D eigenvalue weighted by Crippen LogP contribution is 2.37. The molecule has 8 nitrogen and oxygen atoms in total. The van der Waals surface area contributed by atoms with Gasteiger partial charge in [0, 0.05) is 0 Å². The van der Waals surface area contributed by atoms with E-state index in [9.17, 15) is 18.0 Å². The molecule has 2 aromatic carbocycles. The number of primary amides is 1. The summed E-state index contributed by atoms with van der Waals surface area (Å²) in [6, 6.07) is 12.1. The zero-order valence-electron chi connectivity index (χ0n) is 13.8. The molecule has 0 saturated heterocycles. The molecule has 3 rings (SSSR count). The molecule has 0 aliphatic carbocycles. The monoisotopic (exact) mass is 376 g/mol. The van der Waals surface area contributed by atoms with E-state index in [0.717, 1.165) is 4.31 Å². The maximum atomic E-state index is 13.3. The first-order valence-electron chi connectivity index (χ1n) is 7.61. The summed E-state index contributed by atoms with van der Waals surface area (Å²) in [6.07, 6.45) is -1.15. The molecule has 2 N–H and O–H groups in total. The van der Waals surface area contributed by atoms with Crippen LogP contribution in [0.5, 0.6) is 5.75 Å². The Bertz CT molecular complexity index is 973. The third-order valence-electron chi connectivity index (χ3n) is 3.91. The van der Waals surface area contributed by atoms with Crippen LogP contribution in [0.25, 0.3) is 0 Å². The van der Waals surface area contributed by atoms with Crippen LogP contribution in [0.3, 0.4) is 0 Å². The molecule has 9 heteroatoms. The molecular formula is C17H16N2O6S.